The molecule has 1 heterocycles. The molecule has 1 rings (SSSR count). The Morgan fingerprint density at radius 2 is 2.29 bits per heavy atom. The van der Waals surface area contributed by atoms with Crippen LogP contribution in [0.2, 0.25) is 0 Å². The maximum absolute atomic E-state index is 10.8. The van der Waals surface area contributed by atoms with Gasteiger partial charge in [-0.1, -0.05) is 6.92 Å². The van der Waals surface area contributed by atoms with Gasteiger partial charge in [0.2, 0.25) is 5.95 Å². The molecule has 0 amide bonds. The van der Waals surface area contributed by atoms with Crippen LogP contribution in [0.1, 0.15) is 29.5 Å². The number of thioether (sulfide) groups is 1. The Balaban J connectivity index is 2.62. The molecule has 0 aliphatic carbocycles. The number of aromatic carboxylic acids is 1. The molecule has 0 saturated carbocycles. The van der Waals surface area contributed by atoms with E-state index in [0.717, 1.165) is 13.0 Å². The standard InChI is InChI=1S/C11H17N3O2S/c1-7-6-9(10(15)16)14-11(13-7)12-5-4-8(2)17-3/h6,8H,4-5H2,1-3H3,(H,15,16)(H,12,13,14). The fourth-order valence-corrected chi connectivity index (χ4v) is 1.62. The first-order valence-electron chi connectivity index (χ1n) is 5.38. The van der Waals surface area contributed by atoms with Gasteiger partial charge in [-0.15, -0.1) is 0 Å². The highest BCUT2D eigenvalue weighted by atomic mass is 32.2. The second-order valence-electron chi connectivity index (χ2n) is 3.79. The van der Waals surface area contributed by atoms with E-state index in [1.54, 1.807) is 18.7 Å². The number of carboxylic acids is 1. The van der Waals surface area contributed by atoms with Crippen LogP contribution >= 0.6 is 11.8 Å². The average molecular weight is 255 g/mol. The van der Waals surface area contributed by atoms with Crippen molar-refractivity contribution < 1.29 is 9.90 Å². The molecule has 5 nitrogen and oxygen atoms in total. The lowest BCUT2D eigenvalue weighted by Crippen LogP contribution is -2.12. The van der Waals surface area contributed by atoms with Gasteiger partial charge < -0.3 is 10.4 Å². The lowest BCUT2D eigenvalue weighted by Gasteiger charge is -2.09. The molecule has 0 spiro atoms. The van der Waals surface area contributed by atoms with Crippen molar-refractivity contribution in [2.45, 2.75) is 25.5 Å². The number of hydrogen-bond donors (Lipinski definition) is 2. The number of carboxylic acid groups (broad SMARTS) is 1. The summed E-state index contributed by atoms with van der Waals surface area (Å²) in [6.07, 6.45) is 3.05. The number of rotatable bonds is 6. The van der Waals surface area contributed by atoms with E-state index in [-0.39, 0.29) is 5.69 Å². The van der Waals surface area contributed by atoms with Crippen LogP contribution in [0.25, 0.3) is 0 Å². The van der Waals surface area contributed by atoms with Crippen molar-refractivity contribution >= 4 is 23.7 Å². The molecule has 17 heavy (non-hydrogen) atoms. The van der Waals surface area contributed by atoms with Crippen molar-refractivity contribution in [3.8, 4) is 0 Å². The van der Waals surface area contributed by atoms with E-state index in [1.807, 2.05) is 0 Å². The van der Waals surface area contributed by atoms with E-state index in [0.29, 0.717) is 16.9 Å². The van der Waals surface area contributed by atoms with E-state index in [4.69, 9.17) is 5.11 Å². The molecule has 6 heteroatoms. The number of hydrogen-bond acceptors (Lipinski definition) is 5. The van der Waals surface area contributed by atoms with E-state index in [1.165, 1.54) is 6.07 Å². The molecule has 1 unspecified atom stereocenters. The van der Waals surface area contributed by atoms with Crippen molar-refractivity contribution in [2.75, 3.05) is 18.1 Å². The summed E-state index contributed by atoms with van der Waals surface area (Å²) in [6.45, 7) is 4.64. The predicted molar refractivity (Wildman–Crippen MR) is 69.8 cm³/mol. The molecule has 0 aliphatic rings. The Labute approximate surface area is 105 Å². The van der Waals surface area contributed by atoms with Crippen molar-refractivity contribution in [3.05, 3.63) is 17.5 Å². The van der Waals surface area contributed by atoms with Gasteiger partial charge >= 0.3 is 5.97 Å². The number of aromatic nitrogens is 2. The Bertz CT molecular complexity index is 398. The van der Waals surface area contributed by atoms with E-state index >= 15 is 0 Å². The van der Waals surface area contributed by atoms with Gasteiger partial charge in [-0.2, -0.15) is 11.8 Å². The molecule has 94 valence electrons. The first-order chi connectivity index (χ1) is 8.02. The first kappa shape index (κ1) is 13.8. The first-order valence-corrected chi connectivity index (χ1v) is 6.67. The van der Waals surface area contributed by atoms with Crippen molar-refractivity contribution in [2.24, 2.45) is 0 Å². The maximum atomic E-state index is 10.8. The quantitative estimate of drug-likeness (QED) is 0.810. The molecule has 0 aromatic carbocycles. The Kier molecular flexibility index (Phi) is 5.21. The zero-order valence-electron chi connectivity index (χ0n) is 10.2. The lowest BCUT2D eigenvalue weighted by atomic mass is 10.3. The average Bonchev–Trinajstić information content (AvgIpc) is 2.28. The topological polar surface area (TPSA) is 75.1 Å². The van der Waals surface area contributed by atoms with Gasteiger partial charge in [0.25, 0.3) is 0 Å². The van der Waals surface area contributed by atoms with Gasteiger partial charge in [0.05, 0.1) is 0 Å². The summed E-state index contributed by atoms with van der Waals surface area (Å²) in [6, 6.07) is 1.46. The summed E-state index contributed by atoms with van der Waals surface area (Å²) in [4.78, 5) is 18.9. The number of carbonyl (C=O) groups is 1. The third-order valence-corrected chi connectivity index (χ3v) is 3.35. The third-order valence-electron chi connectivity index (χ3n) is 2.31. The van der Waals surface area contributed by atoms with Crippen molar-refractivity contribution in [3.63, 3.8) is 0 Å². The van der Waals surface area contributed by atoms with Crippen LogP contribution in [0.15, 0.2) is 6.07 Å². The largest absolute Gasteiger partial charge is 0.477 e. The lowest BCUT2D eigenvalue weighted by molar-refractivity contribution is 0.0690. The number of nitrogens with zero attached hydrogens (tertiary/aromatic N) is 2. The van der Waals surface area contributed by atoms with Gasteiger partial charge in [-0.05, 0) is 25.7 Å². The maximum Gasteiger partial charge on any atom is 0.354 e. The normalized spacial score (nSPS) is 12.2. The molecule has 0 saturated heterocycles. The van der Waals surface area contributed by atoms with Gasteiger partial charge in [0.15, 0.2) is 5.69 Å². The number of nitrogens with one attached hydrogen (secondary N) is 1. The summed E-state index contributed by atoms with van der Waals surface area (Å²) in [5.74, 6) is -0.647. The van der Waals surface area contributed by atoms with E-state index in [9.17, 15) is 4.79 Å². The molecule has 1 aromatic heterocycles. The molecule has 1 aromatic rings. The highest BCUT2D eigenvalue weighted by molar-refractivity contribution is 7.99. The Morgan fingerprint density at radius 1 is 1.59 bits per heavy atom. The van der Waals surface area contributed by atoms with Gasteiger partial charge in [-0.3, -0.25) is 0 Å². The fourth-order valence-electron chi connectivity index (χ4n) is 1.26. The summed E-state index contributed by atoms with van der Waals surface area (Å²) < 4.78 is 0. The number of anilines is 1. The molecular formula is C11H17N3O2S. The highest BCUT2D eigenvalue weighted by Gasteiger charge is 2.08. The van der Waals surface area contributed by atoms with Gasteiger partial charge in [-0.25, -0.2) is 14.8 Å². The van der Waals surface area contributed by atoms with Crippen LogP contribution in [-0.2, 0) is 0 Å². The molecule has 0 bridgehead atoms. The van der Waals surface area contributed by atoms with Crippen LogP contribution in [-0.4, -0.2) is 39.1 Å². The zero-order valence-corrected chi connectivity index (χ0v) is 11.0. The molecule has 0 aliphatic heterocycles. The molecule has 1 atom stereocenters. The predicted octanol–water partition coefficient (Wildman–Crippen LogP) is 2.04. The smallest absolute Gasteiger partial charge is 0.354 e. The minimum Gasteiger partial charge on any atom is -0.477 e. The van der Waals surface area contributed by atoms with Crippen LogP contribution in [0, 0.1) is 6.92 Å². The van der Waals surface area contributed by atoms with Crippen LogP contribution < -0.4 is 5.32 Å². The zero-order chi connectivity index (χ0) is 12.8. The highest BCUT2D eigenvalue weighted by Crippen LogP contribution is 2.10. The molecular weight excluding hydrogens is 238 g/mol. The van der Waals surface area contributed by atoms with Crippen molar-refractivity contribution in [1.29, 1.82) is 0 Å². The number of aryl methyl sites for hydroxylation is 1. The van der Waals surface area contributed by atoms with Gasteiger partial charge in [0, 0.05) is 17.5 Å². The third kappa shape index (κ3) is 4.60. The summed E-state index contributed by atoms with van der Waals surface area (Å²) in [7, 11) is 0. The Morgan fingerprint density at radius 3 is 2.88 bits per heavy atom. The monoisotopic (exact) mass is 255 g/mol. The SMILES string of the molecule is CSC(C)CCNc1nc(C)cc(C(=O)O)n1. The van der Waals surface area contributed by atoms with Crippen LogP contribution in [0.4, 0.5) is 5.95 Å². The van der Waals surface area contributed by atoms with Crippen LogP contribution in [0.5, 0.6) is 0 Å². The van der Waals surface area contributed by atoms with Gasteiger partial charge in [0.1, 0.15) is 0 Å². The van der Waals surface area contributed by atoms with E-state index < -0.39 is 5.97 Å². The summed E-state index contributed by atoms with van der Waals surface area (Å²) in [5, 5.41) is 12.5. The second-order valence-corrected chi connectivity index (χ2v) is 5.06. The minimum atomic E-state index is -1.03. The summed E-state index contributed by atoms with van der Waals surface area (Å²) >= 11 is 1.80. The molecule has 0 radical (unpaired) electrons. The van der Waals surface area contributed by atoms with Crippen LogP contribution in [0.3, 0.4) is 0 Å². The fraction of sp³-hybridized carbons (Fsp3) is 0.545. The molecule has 2 N–H and O–H groups in total. The molecule has 0 fully saturated rings. The van der Waals surface area contributed by atoms with Crippen molar-refractivity contribution in [1.82, 2.24) is 9.97 Å². The second kappa shape index (κ2) is 6.44. The Hall–Kier alpha value is -1.30. The summed E-state index contributed by atoms with van der Waals surface area (Å²) in [5.41, 5.74) is 0.677. The minimum absolute atomic E-state index is 0.0258. The van der Waals surface area contributed by atoms with E-state index in [2.05, 4.69) is 28.5 Å².